The molecule has 1 amide bonds. The number of hydrogen-bond donors (Lipinski definition) is 2. The summed E-state index contributed by atoms with van der Waals surface area (Å²) in [5, 5.41) is 11.6. The van der Waals surface area contributed by atoms with E-state index in [9.17, 15) is 9.59 Å². The molecule has 5 nitrogen and oxygen atoms in total. The number of aliphatic carboxylic acids is 1. The molecule has 0 spiro atoms. The average molecular weight is 242 g/mol. The molecule has 98 valence electrons. The van der Waals surface area contributed by atoms with Gasteiger partial charge in [-0.05, 0) is 40.7 Å². The van der Waals surface area contributed by atoms with Crippen LogP contribution in [0.4, 0.5) is 0 Å². The van der Waals surface area contributed by atoms with Crippen molar-refractivity contribution in [2.45, 2.75) is 45.7 Å². The summed E-state index contributed by atoms with van der Waals surface area (Å²) in [5.41, 5.74) is -1.36. The zero-order valence-corrected chi connectivity index (χ0v) is 11.0. The highest BCUT2D eigenvalue weighted by atomic mass is 16.4. The van der Waals surface area contributed by atoms with Crippen LogP contribution >= 0.6 is 0 Å². The Morgan fingerprint density at radius 3 is 2.41 bits per heavy atom. The number of likely N-dealkylation sites (N-methyl/N-ethyl adjacent to an activating group) is 1. The molecule has 0 aromatic heterocycles. The highest BCUT2D eigenvalue weighted by Crippen LogP contribution is 2.26. The van der Waals surface area contributed by atoms with Crippen molar-refractivity contribution in [3.8, 4) is 0 Å². The topological polar surface area (TPSA) is 69.6 Å². The molecule has 0 heterocycles. The molecular weight excluding hydrogens is 220 g/mol. The predicted octanol–water partition coefficient (Wildman–Crippen LogP) is 0.696. The highest BCUT2D eigenvalue weighted by Gasteiger charge is 2.36. The quantitative estimate of drug-likeness (QED) is 0.673. The summed E-state index contributed by atoms with van der Waals surface area (Å²) in [5.74, 6) is -1.53. The average Bonchev–Trinajstić information content (AvgIpc) is 3.07. The predicted molar refractivity (Wildman–Crippen MR) is 64.7 cm³/mol. The van der Waals surface area contributed by atoms with E-state index in [1.165, 1.54) is 26.7 Å². The van der Waals surface area contributed by atoms with Crippen LogP contribution in [0.15, 0.2) is 0 Å². The van der Waals surface area contributed by atoms with Gasteiger partial charge in [0.1, 0.15) is 5.41 Å². The SMILES string of the molecule is CC(CNC(=O)C(C)(C)C(=O)O)N(C)C1CC1. The lowest BCUT2D eigenvalue weighted by atomic mass is 9.92. The monoisotopic (exact) mass is 242 g/mol. The maximum absolute atomic E-state index is 11.7. The van der Waals surface area contributed by atoms with E-state index in [-0.39, 0.29) is 6.04 Å². The van der Waals surface area contributed by atoms with E-state index in [0.717, 1.165) is 0 Å². The first-order valence-corrected chi connectivity index (χ1v) is 6.00. The summed E-state index contributed by atoms with van der Waals surface area (Å²) in [6.07, 6.45) is 2.44. The molecule has 0 bridgehead atoms. The molecule has 0 saturated heterocycles. The molecule has 0 aliphatic heterocycles. The van der Waals surface area contributed by atoms with E-state index in [2.05, 4.69) is 10.2 Å². The van der Waals surface area contributed by atoms with Gasteiger partial charge < -0.3 is 10.4 Å². The highest BCUT2D eigenvalue weighted by molar-refractivity contribution is 6.00. The third-order valence-electron chi connectivity index (χ3n) is 3.48. The van der Waals surface area contributed by atoms with Gasteiger partial charge in [0.2, 0.25) is 5.91 Å². The van der Waals surface area contributed by atoms with Crippen molar-refractivity contribution in [1.82, 2.24) is 10.2 Å². The van der Waals surface area contributed by atoms with Crippen LogP contribution in [-0.4, -0.2) is 47.6 Å². The molecule has 1 unspecified atom stereocenters. The second-order valence-corrected chi connectivity index (χ2v) is 5.39. The van der Waals surface area contributed by atoms with Crippen LogP contribution in [0.1, 0.15) is 33.6 Å². The first-order chi connectivity index (χ1) is 7.76. The summed E-state index contributed by atoms with van der Waals surface area (Å²) in [4.78, 5) is 24.8. The number of carboxylic acid groups (broad SMARTS) is 1. The van der Waals surface area contributed by atoms with Crippen molar-refractivity contribution in [1.29, 1.82) is 0 Å². The van der Waals surface area contributed by atoms with Crippen LogP contribution in [0.25, 0.3) is 0 Å². The Labute approximate surface area is 102 Å². The maximum atomic E-state index is 11.7. The zero-order valence-electron chi connectivity index (χ0n) is 11.0. The van der Waals surface area contributed by atoms with E-state index >= 15 is 0 Å². The van der Waals surface area contributed by atoms with Crippen molar-refractivity contribution in [2.24, 2.45) is 5.41 Å². The van der Waals surface area contributed by atoms with Gasteiger partial charge in [-0.2, -0.15) is 0 Å². The van der Waals surface area contributed by atoms with Crippen molar-refractivity contribution in [3.63, 3.8) is 0 Å². The Balaban J connectivity index is 2.39. The molecule has 1 aliphatic carbocycles. The number of nitrogens with one attached hydrogen (secondary N) is 1. The van der Waals surface area contributed by atoms with E-state index < -0.39 is 17.3 Å². The third kappa shape index (κ3) is 3.43. The van der Waals surface area contributed by atoms with Gasteiger partial charge in [-0.15, -0.1) is 0 Å². The van der Waals surface area contributed by atoms with Gasteiger partial charge in [-0.3, -0.25) is 14.5 Å². The second kappa shape index (κ2) is 5.04. The Morgan fingerprint density at radius 2 is 2.00 bits per heavy atom. The third-order valence-corrected chi connectivity index (χ3v) is 3.48. The van der Waals surface area contributed by atoms with Gasteiger partial charge in [0.25, 0.3) is 0 Å². The fourth-order valence-electron chi connectivity index (χ4n) is 1.54. The molecule has 1 rings (SSSR count). The summed E-state index contributed by atoms with van der Waals surface area (Å²) >= 11 is 0. The Kier molecular flexibility index (Phi) is 4.14. The molecular formula is C12H22N2O3. The lowest BCUT2D eigenvalue weighted by Crippen LogP contribution is -2.47. The van der Waals surface area contributed by atoms with E-state index in [1.807, 2.05) is 14.0 Å². The van der Waals surface area contributed by atoms with Crippen LogP contribution in [0.2, 0.25) is 0 Å². The molecule has 5 heteroatoms. The summed E-state index contributed by atoms with van der Waals surface area (Å²) < 4.78 is 0. The number of hydrogen-bond acceptors (Lipinski definition) is 3. The first-order valence-electron chi connectivity index (χ1n) is 6.00. The fraction of sp³-hybridized carbons (Fsp3) is 0.833. The number of amides is 1. The van der Waals surface area contributed by atoms with Crippen LogP contribution in [-0.2, 0) is 9.59 Å². The first kappa shape index (κ1) is 14.0. The Hall–Kier alpha value is -1.10. The van der Waals surface area contributed by atoms with E-state index in [4.69, 9.17) is 5.11 Å². The number of nitrogens with zero attached hydrogens (tertiary/aromatic N) is 1. The fourth-order valence-corrected chi connectivity index (χ4v) is 1.54. The van der Waals surface area contributed by atoms with Gasteiger partial charge in [0.05, 0.1) is 0 Å². The molecule has 0 radical (unpaired) electrons. The van der Waals surface area contributed by atoms with Gasteiger partial charge in [-0.1, -0.05) is 0 Å². The van der Waals surface area contributed by atoms with Crippen molar-refractivity contribution in [2.75, 3.05) is 13.6 Å². The van der Waals surface area contributed by atoms with Crippen LogP contribution in [0.3, 0.4) is 0 Å². The van der Waals surface area contributed by atoms with Gasteiger partial charge in [0.15, 0.2) is 0 Å². The molecule has 1 saturated carbocycles. The molecule has 17 heavy (non-hydrogen) atoms. The normalized spacial score (nSPS) is 17.9. The molecule has 0 aromatic rings. The van der Waals surface area contributed by atoms with Gasteiger partial charge >= 0.3 is 5.97 Å². The Morgan fingerprint density at radius 1 is 1.47 bits per heavy atom. The van der Waals surface area contributed by atoms with Crippen molar-refractivity contribution in [3.05, 3.63) is 0 Å². The smallest absolute Gasteiger partial charge is 0.318 e. The molecule has 1 aliphatic rings. The van der Waals surface area contributed by atoms with E-state index in [0.29, 0.717) is 12.6 Å². The number of carboxylic acids is 1. The minimum atomic E-state index is -1.36. The zero-order chi connectivity index (χ0) is 13.2. The number of carbonyl (C=O) groups excluding carboxylic acids is 1. The lowest BCUT2D eigenvalue weighted by Gasteiger charge is -2.26. The summed E-state index contributed by atoms with van der Waals surface area (Å²) in [6.45, 7) is 5.36. The number of carbonyl (C=O) groups is 2. The van der Waals surface area contributed by atoms with Crippen LogP contribution in [0, 0.1) is 5.41 Å². The van der Waals surface area contributed by atoms with Crippen molar-refractivity contribution < 1.29 is 14.7 Å². The summed E-state index contributed by atoms with van der Waals surface area (Å²) in [7, 11) is 2.04. The molecule has 1 fully saturated rings. The summed E-state index contributed by atoms with van der Waals surface area (Å²) in [6, 6.07) is 0.866. The van der Waals surface area contributed by atoms with Gasteiger partial charge in [-0.25, -0.2) is 0 Å². The van der Waals surface area contributed by atoms with E-state index in [1.54, 1.807) is 0 Å². The second-order valence-electron chi connectivity index (χ2n) is 5.39. The minimum absolute atomic E-state index is 0.232. The molecule has 0 aromatic carbocycles. The standard InChI is InChI=1S/C12H22N2O3/c1-8(14(4)9-5-6-9)7-13-10(15)12(2,3)11(16)17/h8-9H,5-7H2,1-4H3,(H,13,15)(H,16,17). The minimum Gasteiger partial charge on any atom is -0.480 e. The van der Waals surface area contributed by atoms with Crippen molar-refractivity contribution >= 4 is 11.9 Å². The largest absolute Gasteiger partial charge is 0.480 e. The van der Waals surface area contributed by atoms with Gasteiger partial charge in [0, 0.05) is 18.6 Å². The maximum Gasteiger partial charge on any atom is 0.318 e. The van der Waals surface area contributed by atoms with Crippen LogP contribution < -0.4 is 5.32 Å². The molecule has 2 N–H and O–H groups in total. The van der Waals surface area contributed by atoms with Crippen LogP contribution in [0.5, 0.6) is 0 Å². The molecule has 1 atom stereocenters. The number of rotatable bonds is 6. The lowest BCUT2D eigenvalue weighted by molar-refractivity contribution is -0.153. The Bertz CT molecular complexity index is 311.